The molecule has 1 aliphatic heterocycles. The monoisotopic (exact) mass is 442 g/mol. The highest BCUT2D eigenvalue weighted by atomic mass is 16.2. The van der Waals surface area contributed by atoms with Crippen LogP contribution in [0.2, 0.25) is 0 Å². The molecule has 6 rings (SSSR count). The van der Waals surface area contributed by atoms with Crippen molar-refractivity contribution in [1.29, 1.82) is 0 Å². The number of hydrogen-bond acceptors (Lipinski definition) is 4. The number of fused-ring (bicyclic) bond motifs is 2. The summed E-state index contributed by atoms with van der Waals surface area (Å²) in [6, 6.07) is 10.4. The SMILES string of the molecule is Cc1cc2c(cc1C(=O)N1CCC[C@@H](N)C1)nc(-c1cc3cccnc3n1CC1CC1)n2C. The van der Waals surface area contributed by atoms with Crippen molar-refractivity contribution >= 4 is 28.0 Å². The number of hydrogen-bond donors (Lipinski definition) is 1. The Hall–Kier alpha value is -3.19. The summed E-state index contributed by atoms with van der Waals surface area (Å²) in [4.78, 5) is 24.9. The number of pyridine rings is 1. The van der Waals surface area contributed by atoms with E-state index in [1.54, 1.807) is 0 Å². The molecule has 3 aromatic heterocycles. The van der Waals surface area contributed by atoms with E-state index in [4.69, 9.17) is 10.7 Å². The average Bonchev–Trinajstić information content (AvgIpc) is 3.49. The van der Waals surface area contributed by atoms with E-state index in [1.807, 2.05) is 30.2 Å². The lowest BCUT2D eigenvalue weighted by atomic mass is 10.0. The first kappa shape index (κ1) is 20.4. The predicted molar refractivity (Wildman–Crippen MR) is 130 cm³/mol. The molecule has 7 heteroatoms. The van der Waals surface area contributed by atoms with E-state index < -0.39 is 0 Å². The van der Waals surface area contributed by atoms with Crippen LogP contribution < -0.4 is 5.73 Å². The number of nitrogens with two attached hydrogens (primary N) is 1. The van der Waals surface area contributed by atoms with Gasteiger partial charge < -0.3 is 19.8 Å². The minimum Gasteiger partial charge on any atom is -0.337 e. The van der Waals surface area contributed by atoms with Gasteiger partial charge in [0.25, 0.3) is 5.91 Å². The van der Waals surface area contributed by atoms with Crippen LogP contribution in [0.15, 0.2) is 36.5 Å². The molecule has 1 saturated heterocycles. The van der Waals surface area contributed by atoms with Gasteiger partial charge >= 0.3 is 0 Å². The third-order valence-electron chi connectivity index (χ3n) is 7.22. The molecule has 0 unspecified atom stereocenters. The number of amides is 1. The van der Waals surface area contributed by atoms with Gasteiger partial charge in [0, 0.05) is 49.9 Å². The zero-order valence-corrected chi connectivity index (χ0v) is 19.3. The smallest absolute Gasteiger partial charge is 0.254 e. The fraction of sp³-hybridized carbons (Fsp3) is 0.423. The summed E-state index contributed by atoms with van der Waals surface area (Å²) in [5.74, 6) is 1.69. The second-order valence-corrected chi connectivity index (χ2v) is 9.80. The van der Waals surface area contributed by atoms with E-state index in [1.165, 1.54) is 12.8 Å². The number of aryl methyl sites for hydroxylation is 2. The van der Waals surface area contributed by atoms with Crippen molar-refractivity contribution in [3.8, 4) is 11.5 Å². The topological polar surface area (TPSA) is 82.0 Å². The minimum atomic E-state index is 0.0591. The Kier molecular flexibility index (Phi) is 4.76. The molecule has 0 bridgehead atoms. The van der Waals surface area contributed by atoms with E-state index in [-0.39, 0.29) is 11.9 Å². The lowest BCUT2D eigenvalue weighted by molar-refractivity contribution is 0.0708. The van der Waals surface area contributed by atoms with Crippen LogP contribution in [0, 0.1) is 12.8 Å². The Balaban J connectivity index is 1.45. The van der Waals surface area contributed by atoms with Crippen molar-refractivity contribution in [3.63, 3.8) is 0 Å². The second kappa shape index (κ2) is 7.70. The molecule has 2 fully saturated rings. The summed E-state index contributed by atoms with van der Waals surface area (Å²) in [6.07, 6.45) is 6.35. The van der Waals surface area contributed by atoms with Crippen molar-refractivity contribution in [2.45, 2.75) is 45.2 Å². The fourth-order valence-electron chi connectivity index (χ4n) is 5.18. The van der Waals surface area contributed by atoms with Gasteiger partial charge in [0.1, 0.15) is 5.65 Å². The summed E-state index contributed by atoms with van der Waals surface area (Å²) in [5, 5.41) is 1.13. The van der Waals surface area contributed by atoms with Gasteiger partial charge in [-0.05, 0) is 74.4 Å². The van der Waals surface area contributed by atoms with Crippen LogP contribution in [-0.2, 0) is 13.6 Å². The molecule has 0 radical (unpaired) electrons. The van der Waals surface area contributed by atoms with E-state index >= 15 is 0 Å². The van der Waals surface area contributed by atoms with Gasteiger partial charge in [0.2, 0.25) is 0 Å². The van der Waals surface area contributed by atoms with Gasteiger partial charge in [-0.2, -0.15) is 0 Å². The molecule has 1 aromatic carbocycles. The number of imidazole rings is 1. The number of rotatable bonds is 4. The van der Waals surface area contributed by atoms with Crippen LogP contribution >= 0.6 is 0 Å². The summed E-state index contributed by atoms with van der Waals surface area (Å²) in [6.45, 7) is 4.37. The van der Waals surface area contributed by atoms with E-state index in [0.717, 1.165) is 76.6 Å². The zero-order chi connectivity index (χ0) is 22.7. The van der Waals surface area contributed by atoms with Crippen molar-refractivity contribution in [2.24, 2.45) is 18.7 Å². The molecule has 1 atom stereocenters. The largest absolute Gasteiger partial charge is 0.337 e. The van der Waals surface area contributed by atoms with Crippen LogP contribution in [0.5, 0.6) is 0 Å². The molecule has 2 N–H and O–H groups in total. The minimum absolute atomic E-state index is 0.0591. The third kappa shape index (κ3) is 3.51. The first-order valence-corrected chi connectivity index (χ1v) is 12.0. The molecule has 4 aromatic rings. The molecule has 0 spiro atoms. The molecule has 170 valence electrons. The lowest BCUT2D eigenvalue weighted by Gasteiger charge is -2.31. The van der Waals surface area contributed by atoms with Gasteiger partial charge in [-0.3, -0.25) is 4.79 Å². The number of benzene rings is 1. The number of piperidine rings is 1. The first-order chi connectivity index (χ1) is 16.0. The summed E-state index contributed by atoms with van der Waals surface area (Å²) in [5.41, 5.74) is 11.8. The number of carbonyl (C=O) groups excluding carboxylic acids is 1. The maximum Gasteiger partial charge on any atom is 0.254 e. The zero-order valence-electron chi connectivity index (χ0n) is 19.3. The number of likely N-dealkylation sites (tertiary alicyclic amines) is 1. The maximum absolute atomic E-state index is 13.3. The van der Waals surface area contributed by atoms with Gasteiger partial charge in [0.15, 0.2) is 5.82 Å². The Morgan fingerprint density at radius 3 is 2.85 bits per heavy atom. The van der Waals surface area contributed by atoms with Crippen LogP contribution in [0.25, 0.3) is 33.6 Å². The van der Waals surface area contributed by atoms with E-state index in [2.05, 4.69) is 39.4 Å². The number of aromatic nitrogens is 4. The fourth-order valence-corrected chi connectivity index (χ4v) is 5.18. The van der Waals surface area contributed by atoms with Gasteiger partial charge in [0.05, 0.1) is 16.7 Å². The van der Waals surface area contributed by atoms with E-state index in [9.17, 15) is 4.79 Å². The van der Waals surface area contributed by atoms with Crippen molar-refractivity contribution in [2.75, 3.05) is 13.1 Å². The van der Waals surface area contributed by atoms with Gasteiger partial charge in [-0.25, -0.2) is 9.97 Å². The van der Waals surface area contributed by atoms with E-state index in [0.29, 0.717) is 6.54 Å². The van der Waals surface area contributed by atoms with Crippen molar-refractivity contribution in [1.82, 2.24) is 24.0 Å². The van der Waals surface area contributed by atoms with Gasteiger partial charge in [-0.1, -0.05) is 0 Å². The van der Waals surface area contributed by atoms with Gasteiger partial charge in [-0.15, -0.1) is 0 Å². The maximum atomic E-state index is 13.3. The molecule has 33 heavy (non-hydrogen) atoms. The number of carbonyl (C=O) groups is 1. The van der Waals surface area contributed by atoms with Crippen LogP contribution in [0.1, 0.15) is 41.6 Å². The molecule has 1 aliphatic carbocycles. The summed E-state index contributed by atoms with van der Waals surface area (Å²) in [7, 11) is 2.06. The highest BCUT2D eigenvalue weighted by molar-refractivity contribution is 5.99. The standard InChI is InChI=1S/C26H30N6O/c1-16-11-22-21(13-20(16)26(33)31-10-4-6-19(27)15-31)29-25(30(22)2)23-12-18-5-3-9-28-24(18)32(23)14-17-7-8-17/h3,5,9,11-13,17,19H,4,6-8,10,14-15,27H2,1-2H3/t19-/m1/s1. The number of nitrogens with zero attached hydrogens (tertiary/aromatic N) is 5. The quantitative estimate of drug-likeness (QED) is 0.520. The third-order valence-corrected chi connectivity index (χ3v) is 7.22. The summed E-state index contributed by atoms with van der Waals surface area (Å²) >= 11 is 0. The van der Waals surface area contributed by atoms with Crippen molar-refractivity contribution in [3.05, 3.63) is 47.7 Å². The molecule has 1 saturated carbocycles. The Bertz CT molecular complexity index is 1380. The molecule has 1 amide bonds. The Morgan fingerprint density at radius 1 is 1.21 bits per heavy atom. The lowest BCUT2D eigenvalue weighted by Crippen LogP contribution is -2.45. The first-order valence-electron chi connectivity index (χ1n) is 12.0. The molecular formula is C26H30N6O. The van der Waals surface area contributed by atoms with Crippen LogP contribution in [0.4, 0.5) is 0 Å². The second-order valence-electron chi connectivity index (χ2n) is 9.80. The molecule has 2 aliphatic rings. The normalized spacial score (nSPS) is 19.0. The molecule has 4 heterocycles. The predicted octanol–water partition coefficient (Wildman–Crippen LogP) is 3.87. The highest BCUT2D eigenvalue weighted by Crippen LogP contribution is 2.36. The molecule has 7 nitrogen and oxygen atoms in total. The Labute approximate surface area is 193 Å². The van der Waals surface area contributed by atoms with Crippen LogP contribution in [-0.4, -0.2) is 49.0 Å². The van der Waals surface area contributed by atoms with Crippen molar-refractivity contribution < 1.29 is 4.79 Å². The average molecular weight is 443 g/mol. The molecular weight excluding hydrogens is 412 g/mol. The Morgan fingerprint density at radius 2 is 2.06 bits per heavy atom. The summed E-state index contributed by atoms with van der Waals surface area (Å²) < 4.78 is 4.47. The highest BCUT2D eigenvalue weighted by Gasteiger charge is 2.27. The van der Waals surface area contributed by atoms with Crippen LogP contribution in [0.3, 0.4) is 0 Å².